The standard InChI is InChI=1S/C40H80NO8P/c1-5-7-9-11-13-15-17-19-21-23-25-27-29-32-39(42)46-36-38(49-50(44,45)48-35-31-34-41(3)4)37-47-40(43)33-30-28-26-24-22-20-18-16-14-12-10-8-6-2/h38H,5-37H2,1-4H3,(H,44,45). The minimum atomic E-state index is -4.43. The maximum atomic E-state index is 12.6. The highest BCUT2D eigenvalue weighted by Gasteiger charge is 2.28. The third-order valence-electron chi connectivity index (χ3n) is 9.12. The van der Waals surface area contributed by atoms with Crippen molar-refractivity contribution in [2.24, 2.45) is 0 Å². The second kappa shape index (κ2) is 36.4. The molecule has 0 aromatic heterocycles. The molecule has 0 aliphatic rings. The second-order valence-corrected chi connectivity index (χ2v) is 15.9. The van der Waals surface area contributed by atoms with Crippen LogP contribution >= 0.6 is 7.82 Å². The summed E-state index contributed by atoms with van der Waals surface area (Å²) in [5.41, 5.74) is 0. The van der Waals surface area contributed by atoms with Gasteiger partial charge in [-0.25, -0.2) is 4.57 Å². The summed E-state index contributed by atoms with van der Waals surface area (Å²) in [7, 11) is -0.619. The van der Waals surface area contributed by atoms with Crippen LogP contribution in [-0.2, 0) is 32.7 Å². The van der Waals surface area contributed by atoms with E-state index < -0.39 is 13.9 Å². The maximum absolute atomic E-state index is 12.6. The van der Waals surface area contributed by atoms with E-state index in [0.717, 1.165) is 38.5 Å². The number of carbonyl (C=O) groups excluding carboxylic acids is 2. The topological polar surface area (TPSA) is 112 Å². The van der Waals surface area contributed by atoms with Gasteiger partial charge in [-0.3, -0.25) is 18.6 Å². The quantitative estimate of drug-likeness (QED) is 0.0375. The summed E-state index contributed by atoms with van der Waals surface area (Å²) < 4.78 is 33.8. The zero-order valence-corrected chi connectivity index (χ0v) is 34.0. The number of unbranched alkanes of at least 4 members (excludes halogenated alkanes) is 24. The molecule has 0 heterocycles. The van der Waals surface area contributed by atoms with Crippen molar-refractivity contribution in [1.82, 2.24) is 4.90 Å². The van der Waals surface area contributed by atoms with Gasteiger partial charge in [0, 0.05) is 12.8 Å². The smallest absolute Gasteiger partial charge is 0.463 e. The van der Waals surface area contributed by atoms with E-state index in [-0.39, 0.29) is 44.6 Å². The number of hydrogen-bond acceptors (Lipinski definition) is 8. The van der Waals surface area contributed by atoms with E-state index in [1.54, 1.807) is 0 Å². The highest BCUT2D eigenvalue weighted by molar-refractivity contribution is 7.47. The molecule has 0 aliphatic heterocycles. The maximum Gasteiger partial charge on any atom is 0.472 e. The number of phosphoric ester groups is 1. The van der Waals surface area contributed by atoms with E-state index in [9.17, 15) is 19.0 Å². The fourth-order valence-corrected chi connectivity index (χ4v) is 6.90. The van der Waals surface area contributed by atoms with Gasteiger partial charge in [0.1, 0.15) is 19.3 Å². The highest BCUT2D eigenvalue weighted by atomic mass is 31.2. The molecule has 0 aliphatic carbocycles. The molecule has 0 bridgehead atoms. The molecule has 0 rings (SSSR count). The van der Waals surface area contributed by atoms with Crippen LogP contribution in [0.4, 0.5) is 0 Å². The van der Waals surface area contributed by atoms with Gasteiger partial charge < -0.3 is 19.3 Å². The minimum absolute atomic E-state index is 0.0380. The Morgan fingerprint density at radius 1 is 0.540 bits per heavy atom. The first-order valence-electron chi connectivity index (χ1n) is 20.8. The van der Waals surface area contributed by atoms with Gasteiger partial charge in [-0.2, -0.15) is 0 Å². The summed E-state index contributed by atoms with van der Waals surface area (Å²) in [6.07, 6.45) is 31.9. The first kappa shape index (κ1) is 49.0. The number of hydrogen-bond donors (Lipinski definition) is 1. The number of rotatable bonds is 39. The molecule has 1 N–H and O–H groups in total. The molecule has 1 atom stereocenters. The number of ether oxygens (including phenoxy) is 2. The van der Waals surface area contributed by atoms with Gasteiger partial charge in [0.05, 0.1) is 6.61 Å². The van der Waals surface area contributed by atoms with Crippen molar-refractivity contribution in [1.29, 1.82) is 0 Å². The van der Waals surface area contributed by atoms with Gasteiger partial charge in [-0.05, 0) is 39.9 Å². The first-order valence-corrected chi connectivity index (χ1v) is 22.3. The molecule has 298 valence electrons. The van der Waals surface area contributed by atoms with Crippen molar-refractivity contribution >= 4 is 19.8 Å². The van der Waals surface area contributed by atoms with E-state index in [4.69, 9.17) is 18.5 Å². The highest BCUT2D eigenvalue weighted by Crippen LogP contribution is 2.44. The molecular formula is C40H80NO8P. The van der Waals surface area contributed by atoms with E-state index in [1.165, 1.54) is 128 Å². The summed E-state index contributed by atoms with van der Waals surface area (Å²) in [6.45, 7) is 4.66. The summed E-state index contributed by atoms with van der Waals surface area (Å²) in [5.74, 6) is -0.778. The van der Waals surface area contributed by atoms with E-state index in [1.807, 2.05) is 19.0 Å². The summed E-state index contributed by atoms with van der Waals surface area (Å²) in [6, 6.07) is 0. The Balaban J connectivity index is 4.30. The van der Waals surface area contributed by atoms with Crippen molar-refractivity contribution in [3.63, 3.8) is 0 Å². The Morgan fingerprint density at radius 3 is 1.18 bits per heavy atom. The van der Waals surface area contributed by atoms with Crippen molar-refractivity contribution in [3.8, 4) is 0 Å². The zero-order valence-electron chi connectivity index (χ0n) is 33.1. The van der Waals surface area contributed by atoms with Gasteiger partial charge in [0.15, 0.2) is 0 Å². The lowest BCUT2D eigenvalue weighted by Gasteiger charge is -2.21. The first-order chi connectivity index (χ1) is 24.2. The molecule has 0 aromatic carbocycles. The Kier molecular flexibility index (Phi) is 35.7. The van der Waals surface area contributed by atoms with Crippen LogP contribution in [0.5, 0.6) is 0 Å². The Hall–Kier alpha value is -0.990. The van der Waals surface area contributed by atoms with Gasteiger partial charge in [0.25, 0.3) is 0 Å². The molecule has 0 amide bonds. The third kappa shape index (κ3) is 36.8. The molecule has 50 heavy (non-hydrogen) atoms. The average molecular weight is 734 g/mol. The lowest BCUT2D eigenvalue weighted by atomic mass is 10.0. The van der Waals surface area contributed by atoms with E-state index in [2.05, 4.69) is 13.8 Å². The average Bonchev–Trinajstić information content (AvgIpc) is 3.08. The molecule has 0 saturated heterocycles. The van der Waals surface area contributed by atoms with E-state index in [0.29, 0.717) is 13.0 Å². The van der Waals surface area contributed by atoms with Gasteiger partial charge in [-0.15, -0.1) is 0 Å². The van der Waals surface area contributed by atoms with Crippen LogP contribution in [-0.4, -0.2) is 68.3 Å². The monoisotopic (exact) mass is 734 g/mol. The molecule has 1 unspecified atom stereocenters. The summed E-state index contributed by atoms with van der Waals surface area (Å²) >= 11 is 0. The van der Waals surface area contributed by atoms with Crippen LogP contribution in [0.3, 0.4) is 0 Å². The van der Waals surface area contributed by atoms with Crippen molar-refractivity contribution in [2.75, 3.05) is 40.5 Å². The van der Waals surface area contributed by atoms with Gasteiger partial charge in [0.2, 0.25) is 0 Å². The zero-order chi connectivity index (χ0) is 37.0. The predicted octanol–water partition coefficient (Wildman–Crippen LogP) is 11.5. The van der Waals surface area contributed by atoms with Crippen molar-refractivity contribution < 1.29 is 37.6 Å². The molecule has 10 heteroatoms. The normalized spacial score (nSPS) is 12.9. The van der Waals surface area contributed by atoms with Gasteiger partial charge >= 0.3 is 19.8 Å². The van der Waals surface area contributed by atoms with Crippen LogP contribution in [0.2, 0.25) is 0 Å². The SMILES string of the molecule is CCCCCCCCCCCCCCCC(=O)OCC(COC(=O)CCCCCCCCCCCCCCC)OP(=O)(O)OCCCN(C)C. The minimum Gasteiger partial charge on any atom is -0.463 e. The van der Waals surface area contributed by atoms with Gasteiger partial charge in [-0.1, -0.05) is 168 Å². The van der Waals surface area contributed by atoms with Crippen molar-refractivity contribution in [2.45, 2.75) is 206 Å². The third-order valence-corrected chi connectivity index (χ3v) is 10.2. The molecule has 0 saturated carbocycles. The molecule has 0 radical (unpaired) electrons. The Bertz CT molecular complexity index is 766. The Labute approximate surface area is 308 Å². The number of nitrogens with zero attached hydrogens (tertiary/aromatic N) is 1. The van der Waals surface area contributed by atoms with E-state index >= 15 is 0 Å². The van der Waals surface area contributed by atoms with Crippen molar-refractivity contribution in [3.05, 3.63) is 0 Å². The summed E-state index contributed by atoms with van der Waals surface area (Å²) in [5, 5.41) is 0. The summed E-state index contributed by atoms with van der Waals surface area (Å²) in [4.78, 5) is 37.1. The van der Waals surface area contributed by atoms with Crippen LogP contribution in [0.1, 0.15) is 200 Å². The van der Waals surface area contributed by atoms with Crippen LogP contribution in [0.25, 0.3) is 0 Å². The lowest BCUT2D eigenvalue weighted by Crippen LogP contribution is -2.28. The number of phosphoric acid groups is 1. The molecular weight excluding hydrogens is 653 g/mol. The largest absolute Gasteiger partial charge is 0.472 e. The molecule has 0 spiro atoms. The van der Waals surface area contributed by atoms with Crippen LogP contribution < -0.4 is 0 Å². The van der Waals surface area contributed by atoms with Crippen LogP contribution in [0.15, 0.2) is 0 Å². The number of carbonyl (C=O) groups is 2. The second-order valence-electron chi connectivity index (χ2n) is 14.5. The fourth-order valence-electron chi connectivity index (χ4n) is 5.98. The molecule has 0 aromatic rings. The fraction of sp³-hybridized carbons (Fsp3) is 0.950. The Morgan fingerprint density at radius 2 is 0.860 bits per heavy atom. The van der Waals surface area contributed by atoms with Crippen LogP contribution in [0, 0.1) is 0 Å². The lowest BCUT2D eigenvalue weighted by molar-refractivity contribution is -0.152. The predicted molar refractivity (Wildman–Crippen MR) is 206 cm³/mol. The molecule has 9 nitrogen and oxygen atoms in total. The number of esters is 2. The molecule has 0 fully saturated rings.